The third-order valence-electron chi connectivity index (χ3n) is 2.47. The zero-order valence-corrected chi connectivity index (χ0v) is 12.6. The molecule has 17 heavy (non-hydrogen) atoms. The number of benzene rings is 1. The van der Waals surface area contributed by atoms with Crippen molar-refractivity contribution in [1.82, 2.24) is 4.31 Å². The summed E-state index contributed by atoms with van der Waals surface area (Å²) in [5.74, 6) is 0. The van der Waals surface area contributed by atoms with Crippen LogP contribution in [0.25, 0.3) is 0 Å². The molecule has 0 radical (unpaired) electrons. The van der Waals surface area contributed by atoms with E-state index in [4.69, 9.17) is 0 Å². The Labute approximate surface area is 111 Å². The van der Waals surface area contributed by atoms with Crippen molar-refractivity contribution in [3.8, 4) is 0 Å². The van der Waals surface area contributed by atoms with E-state index in [1.807, 2.05) is 32.9 Å². The van der Waals surface area contributed by atoms with Gasteiger partial charge in [-0.15, -0.1) is 0 Å². The van der Waals surface area contributed by atoms with Crippen molar-refractivity contribution in [2.45, 2.75) is 20.8 Å². The Bertz CT molecular complexity index is 484. The molecular weight excluding hydrogens is 304 g/mol. The third-order valence-corrected chi connectivity index (χ3v) is 4.64. The molecule has 0 aliphatic rings. The van der Waals surface area contributed by atoms with Gasteiger partial charge in [0.2, 0.25) is 0 Å². The van der Waals surface area contributed by atoms with Crippen LogP contribution in [-0.4, -0.2) is 25.8 Å². The van der Waals surface area contributed by atoms with Crippen molar-refractivity contribution in [2.75, 3.05) is 17.8 Å². The highest BCUT2D eigenvalue weighted by Gasteiger charge is 2.18. The summed E-state index contributed by atoms with van der Waals surface area (Å²) in [5.41, 5.74) is 1.50. The van der Waals surface area contributed by atoms with E-state index in [2.05, 4.69) is 20.7 Å². The first-order chi connectivity index (χ1) is 7.90. The number of hydrogen-bond donors (Lipinski definition) is 1. The van der Waals surface area contributed by atoms with Crippen LogP contribution in [0.2, 0.25) is 0 Å². The first kappa shape index (κ1) is 14.5. The molecule has 0 heterocycles. The largest absolute Gasteiger partial charge is 0.301 e. The second-order valence-corrected chi connectivity index (χ2v) is 6.24. The zero-order chi connectivity index (χ0) is 13.1. The molecule has 0 atom stereocenters. The van der Waals surface area contributed by atoms with Gasteiger partial charge in [-0.2, -0.15) is 12.7 Å². The van der Waals surface area contributed by atoms with Crippen molar-refractivity contribution >= 4 is 31.8 Å². The van der Waals surface area contributed by atoms with Gasteiger partial charge in [0.25, 0.3) is 0 Å². The van der Waals surface area contributed by atoms with Gasteiger partial charge in [-0.3, -0.25) is 4.72 Å². The number of hydrogen-bond acceptors (Lipinski definition) is 2. The van der Waals surface area contributed by atoms with Gasteiger partial charge >= 0.3 is 10.2 Å². The predicted octanol–water partition coefficient (Wildman–Crippen LogP) is 2.76. The molecule has 4 nitrogen and oxygen atoms in total. The van der Waals surface area contributed by atoms with Crippen LogP contribution in [0.1, 0.15) is 19.4 Å². The molecule has 0 fully saturated rings. The summed E-state index contributed by atoms with van der Waals surface area (Å²) in [6.45, 7) is 6.42. The summed E-state index contributed by atoms with van der Waals surface area (Å²) in [6, 6.07) is 5.44. The molecule has 0 saturated carbocycles. The number of aryl methyl sites for hydroxylation is 1. The maximum atomic E-state index is 12.0. The van der Waals surface area contributed by atoms with Crippen LogP contribution >= 0.6 is 15.9 Å². The Morgan fingerprint density at radius 1 is 1.29 bits per heavy atom. The molecule has 0 bridgehead atoms. The monoisotopic (exact) mass is 320 g/mol. The smallest absolute Gasteiger partial charge is 0.271 e. The molecular formula is C11H17BrN2O2S. The Kier molecular flexibility index (Phi) is 4.97. The molecule has 1 aromatic rings. The highest BCUT2D eigenvalue weighted by molar-refractivity contribution is 9.10. The quantitative estimate of drug-likeness (QED) is 0.906. The Balaban J connectivity index is 2.98. The molecule has 1 rings (SSSR count). The summed E-state index contributed by atoms with van der Waals surface area (Å²) in [6.07, 6.45) is 0. The molecule has 96 valence electrons. The van der Waals surface area contributed by atoms with Gasteiger partial charge in [0.15, 0.2) is 0 Å². The number of halogens is 1. The molecule has 0 aromatic heterocycles. The van der Waals surface area contributed by atoms with Gasteiger partial charge in [0.05, 0.1) is 5.69 Å². The lowest BCUT2D eigenvalue weighted by atomic mass is 10.2. The van der Waals surface area contributed by atoms with Crippen molar-refractivity contribution < 1.29 is 8.42 Å². The molecule has 0 saturated heterocycles. The Morgan fingerprint density at radius 2 is 1.88 bits per heavy atom. The lowest BCUT2D eigenvalue weighted by Crippen LogP contribution is -2.35. The van der Waals surface area contributed by atoms with Gasteiger partial charge in [-0.1, -0.05) is 29.8 Å². The van der Waals surface area contributed by atoms with Gasteiger partial charge in [0, 0.05) is 17.6 Å². The number of nitrogens with one attached hydrogen (secondary N) is 1. The van der Waals surface area contributed by atoms with Gasteiger partial charge in [-0.25, -0.2) is 0 Å². The van der Waals surface area contributed by atoms with E-state index < -0.39 is 10.2 Å². The second-order valence-electron chi connectivity index (χ2n) is 3.65. The predicted molar refractivity (Wildman–Crippen MR) is 74.3 cm³/mol. The first-order valence-electron chi connectivity index (χ1n) is 5.44. The van der Waals surface area contributed by atoms with Crippen molar-refractivity contribution in [3.63, 3.8) is 0 Å². The number of rotatable bonds is 5. The van der Waals surface area contributed by atoms with E-state index >= 15 is 0 Å². The normalized spacial score (nSPS) is 11.8. The molecule has 6 heteroatoms. The van der Waals surface area contributed by atoms with Crippen LogP contribution in [-0.2, 0) is 10.2 Å². The van der Waals surface area contributed by atoms with Gasteiger partial charge < -0.3 is 0 Å². The fourth-order valence-electron chi connectivity index (χ4n) is 1.51. The zero-order valence-electron chi connectivity index (χ0n) is 10.2. The SMILES string of the molecule is CCN(CC)S(=O)(=O)Nc1ccc(Br)cc1C. The second kappa shape index (κ2) is 5.84. The minimum atomic E-state index is -3.44. The van der Waals surface area contributed by atoms with Gasteiger partial charge in [-0.05, 0) is 30.7 Å². The minimum Gasteiger partial charge on any atom is -0.271 e. The summed E-state index contributed by atoms with van der Waals surface area (Å²) < 4.78 is 28.9. The average Bonchev–Trinajstić information content (AvgIpc) is 2.23. The van der Waals surface area contributed by atoms with Crippen LogP contribution in [0.4, 0.5) is 5.69 Å². The van der Waals surface area contributed by atoms with E-state index in [9.17, 15) is 8.42 Å². The lowest BCUT2D eigenvalue weighted by molar-refractivity contribution is 0.449. The van der Waals surface area contributed by atoms with Crippen LogP contribution < -0.4 is 4.72 Å². The number of anilines is 1. The van der Waals surface area contributed by atoms with Crippen LogP contribution in [0, 0.1) is 6.92 Å². The maximum Gasteiger partial charge on any atom is 0.301 e. The molecule has 0 unspecified atom stereocenters. The molecule has 1 N–H and O–H groups in total. The fraction of sp³-hybridized carbons (Fsp3) is 0.455. The number of nitrogens with zero attached hydrogens (tertiary/aromatic N) is 1. The van der Waals surface area contributed by atoms with E-state index in [0.717, 1.165) is 10.0 Å². The Morgan fingerprint density at radius 3 is 2.35 bits per heavy atom. The van der Waals surface area contributed by atoms with Crippen molar-refractivity contribution in [3.05, 3.63) is 28.2 Å². The summed E-state index contributed by atoms with van der Waals surface area (Å²) >= 11 is 3.34. The highest BCUT2D eigenvalue weighted by atomic mass is 79.9. The van der Waals surface area contributed by atoms with E-state index in [1.54, 1.807) is 6.07 Å². The van der Waals surface area contributed by atoms with Gasteiger partial charge in [0.1, 0.15) is 0 Å². The van der Waals surface area contributed by atoms with E-state index in [1.165, 1.54) is 4.31 Å². The van der Waals surface area contributed by atoms with Crippen molar-refractivity contribution in [1.29, 1.82) is 0 Å². The highest BCUT2D eigenvalue weighted by Crippen LogP contribution is 2.21. The molecule has 1 aromatic carbocycles. The lowest BCUT2D eigenvalue weighted by Gasteiger charge is -2.20. The fourth-order valence-corrected chi connectivity index (χ4v) is 3.30. The Hall–Kier alpha value is -0.590. The summed E-state index contributed by atoms with van der Waals surface area (Å²) in [5, 5.41) is 0. The van der Waals surface area contributed by atoms with Crippen LogP contribution in [0.5, 0.6) is 0 Å². The molecule has 0 amide bonds. The van der Waals surface area contributed by atoms with E-state index in [-0.39, 0.29) is 0 Å². The first-order valence-corrected chi connectivity index (χ1v) is 7.68. The van der Waals surface area contributed by atoms with Crippen molar-refractivity contribution in [2.24, 2.45) is 0 Å². The molecule has 0 aliphatic carbocycles. The minimum absolute atomic E-state index is 0.460. The average molecular weight is 321 g/mol. The topological polar surface area (TPSA) is 49.4 Å². The maximum absolute atomic E-state index is 12.0. The van der Waals surface area contributed by atoms with E-state index in [0.29, 0.717) is 18.8 Å². The molecule has 0 aliphatic heterocycles. The third kappa shape index (κ3) is 3.69. The van der Waals surface area contributed by atoms with Crippen LogP contribution in [0.3, 0.4) is 0 Å². The summed E-state index contributed by atoms with van der Waals surface area (Å²) in [7, 11) is -3.44. The molecule has 0 spiro atoms. The summed E-state index contributed by atoms with van der Waals surface area (Å²) in [4.78, 5) is 0. The van der Waals surface area contributed by atoms with Crippen LogP contribution in [0.15, 0.2) is 22.7 Å². The standard InChI is InChI=1S/C11H17BrN2O2S/c1-4-14(5-2)17(15,16)13-11-7-6-10(12)8-9(11)3/h6-8,13H,4-5H2,1-3H3.